The van der Waals surface area contributed by atoms with Gasteiger partial charge in [0, 0.05) is 17.3 Å². The molecule has 2 aromatic carbocycles. The molecule has 1 N–H and O–H groups in total. The van der Waals surface area contributed by atoms with E-state index in [4.69, 9.17) is 13.9 Å². The summed E-state index contributed by atoms with van der Waals surface area (Å²) in [6.45, 7) is 0.0702. The van der Waals surface area contributed by atoms with Crippen molar-refractivity contribution in [1.82, 2.24) is 0 Å². The Bertz CT molecular complexity index is 1120. The van der Waals surface area contributed by atoms with Crippen LogP contribution in [0.25, 0.3) is 11.0 Å². The number of alkyl halides is 3. The summed E-state index contributed by atoms with van der Waals surface area (Å²) in [5.74, 6) is -0.905. The Labute approximate surface area is 149 Å². The minimum atomic E-state index is -4.76. The Hall–Kier alpha value is -3.49. The van der Waals surface area contributed by atoms with Crippen LogP contribution in [0, 0.1) is 0 Å². The molecule has 0 fully saturated rings. The zero-order valence-corrected chi connectivity index (χ0v) is 13.4. The molecule has 0 saturated heterocycles. The number of carbonyl (C=O) groups is 1. The normalized spacial score (nSPS) is 13.0. The van der Waals surface area contributed by atoms with Crippen molar-refractivity contribution in [2.24, 2.45) is 0 Å². The van der Waals surface area contributed by atoms with Gasteiger partial charge in [-0.2, -0.15) is 13.2 Å². The van der Waals surface area contributed by atoms with Crippen molar-refractivity contribution in [3.63, 3.8) is 0 Å². The number of hydrogen-bond acceptors (Lipinski definition) is 5. The average Bonchev–Trinajstić information content (AvgIpc) is 3.09. The van der Waals surface area contributed by atoms with Crippen LogP contribution in [-0.4, -0.2) is 12.7 Å². The van der Waals surface area contributed by atoms with Crippen LogP contribution in [0.15, 0.2) is 51.7 Å². The Morgan fingerprint density at radius 3 is 2.56 bits per heavy atom. The molecule has 0 bridgehead atoms. The first-order valence-corrected chi connectivity index (χ1v) is 7.67. The monoisotopic (exact) mass is 377 g/mol. The highest BCUT2D eigenvalue weighted by atomic mass is 19.4. The van der Waals surface area contributed by atoms with Crippen molar-refractivity contribution in [1.29, 1.82) is 0 Å². The number of benzene rings is 2. The molecule has 0 saturated carbocycles. The number of rotatable bonds is 2. The van der Waals surface area contributed by atoms with E-state index in [1.807, 2.05) is 0 Å². The summed E-state index contributed by atoms with van der Waals surface area (Å²) >= 11 is 0. The maximum Gasteiger partial charge on any atom is 0.449 e. The summed E-state index contributed by atoms with van der Waals surface area (Å²) in [5.41, 5.74) is -0.560. The quantitative estimate of drug-likeness (QED) is 0.735. The number of fused-ring (bicyclic) bond motifs is 2. The number of amides is 1. The van der Waals surface area contributed by atoms with E-state index in [2.05, 4.69) is 5.32 Å². The number of nitrogens with one attached hydrogen (secondary N) is 1. The molecule has 1 aliphatic rings. The van der Waals surface area contributed by atoms with E-state index in [1.165, 1.54) is 30.3 Å². The summed E-state index contributed by atoms with van der Waals surface area (Å²) < 4.78 is 53.3. The second-order valence-corrected chi connectivity index (χ2v) is 5.71. The van der Waals surface area contributed by atoms with Crippen molar-refractivity contribution < 1.29 is 31.9 Å². The summed E-state index contributed by atoms with van der Waals surface area (Å²) in [7, 11) is 0. The molecule has 1 amide bonds. The fourth-order valence-corrected chi connectivity index (χ4v) is 2.61. The molecular formula is C18H10F3NO5. The summed E-state index contributed by atoms with van der Waals surface area (Å²) in [6, 6.07) is 8.80. The summed E-state index contributed by atoms with van der Waals surface area (Å²) in [5, 5.41) is 2.50. The average molecular weight is 377 g/mol. The third-order valence-corrected chi connectivity index (χ3v) is 3.90. The van der Waals surface area contributed by atoms with Crippen molar-refractivity contribution >= 4 is 22.6 Å². The van der Waals surface area contributed by atoms with Gasteiger partial charge in [-0.25, -0.2) is 0 Å². The van der Waals surface area contributed by atoms with Gasteiger partial charge in [0.15, 0.2) is 16.9 Å². The fraction of sp³-hybridized carbons (Fsp3) is 0.111. The molecule has 9 heteroatoms. The predicted octanol–water partition coefficient (Wildman–Crippen LogP) is 3.79. The largest absolute Gasteiger partial charge is 0.454 e. The summed E-state index contributed by atoms with van der Waals surface area (Å²) in [6.07, 6.45) is -4.76. The molecule has 2 heterocycles. The van der Waals surface area contributed by atoms with E-state index in [0.29, 0.717) is 23.1 Å². The molecule has 1 aliphatic heterocycles. The highest BCUT2D eigenvalue weighted by Gasteiger charge is 2.35. The van der Waals surface area contributed by atoms with Gasteiger partial charge < -0.3 is 19.2 Å². The topological polar surface area (TPSA) is 77.8 Å². The zero-order chi connectivity index (χ0) is 19.2. The molecule has 6 nitrogen and oxygen atoms in total. The Morgan fingerprint density at radius 2 is 1.78 bits per heavy atom. The van der Waals surface area contributed by atoms with E-state index in [1.54, 1.807) is 6.07 Å². The first-order valence-electron chi connectivity index (χ1n) is 7.67. The highest BCUT2D eigenvalue weighted by Crippen LogP contribution is 2.33. The summed E-state index contributed by atoms with van der Waals surface area (Å²) in [4.78, 5) is 24.3. The lowest BCUT2D eigenvalue weighted by Crippen LogP contribution is -2.13. The molecule has 4 rings (SSSR count). The maximum absolute atomic E-state index is 12.7. The SMILES string of the molecule is O=C(Nc1ccc2oc(C(F)(F)F)cc(=O)c2c1)c1ccc2c(c1)OCO2. The molecular weight excluding hydrogens is 367 g/mol. The standard InChI is InChI=1S/C18H10F3NO5/c19-18(20,21)16-7-12(23)11-6-10(2-4-13(11)27-16)22-17(24)9-1-3-14-15(5-9)26-8-25-14/h1-7H,8H2,(H,22,24). The molecule has 0 radical (unpaired) electrons. The van der Waals surface area contributed by atoms with E-state index >= 15 is 0 Å². The van der Waals surface area contributed by atoms with Crippen LogP contribution in [0.1, 0.15) is 16.1 Å². The minimum Gasteiger partial charge on any atom is -0.454 e. The lowest BCUT2D eigenvalue weighted by molar-refractivity contribution is -0.152. The number of ether oxygens (including phenoxy) is 2. The number of carbonyl (C=O) groups excluding carboxylic acids is 1. The van der Waals surface area contributed by atoms with Crippen LogP contribution < -0.4 is 20.2 Å². The van der Waals surface area contributed by atoms with Crippen LogP contribution in [-0.2, 0) is 6.18 Å². The van der Waals surface area contributed by atoms with Crippen LogP contribution >= 0.6 is 0 Å². The van der Waals surface area contributed by atoms with Gasteiger partial charge in [-0.3, -0.25) is 9.59 Å². The van der Waals surface area contributed by atoms with Gasteiger partial charge >= 0.3 is 6.18 Å². The molecule has 138 valence electrons. The van der Waals surface area contributed by atoms with Gasteiger partial charge in [0.05, 0.1) is 5.39 Å². The molecule has 1 aromatic heterocycles. The Kier molecular flexibility index (Phi) is 3.79. The first-order chi connectivity index (χ1) is 12.8. The first kappa shape index (κ1) is 17.0. The smallest absolute Gasteiger partial charge is 0.449 e. The zero-order valence-electron chi connectivity index (χ0n) is 13.4. The van der Waals surface area contributed by atoms with Gasteiger partial charge in [-0.15, -0.1) is 0 Å². The number of hydrogen-bond donors (Lipinski definition) is 1. The Balaban J connectivity index is 1.63. The molecule has 3 aromatic rings. The molecule has 0 atom stereocenters. The second-order valence-electron chi connectivity index (χ2n) is 5.71. The van der Waals surface area contributed by atoms with Crippen LogP contribution in [0.2, 0.25) is 0 Å². The Morgan fingerprint density at radius 1 is 1.00 bits per heavy atom. The van der Waals surface area contributed by atoms with Gasteiger partial charge in [-0.05, 0) is 36.4 Å². The number of anilines is 1. The fourth-order valence-electron chi connectivity index (χ4n) is 2.61. The van der Waals surface area contributed by atoms with Gasteiger partial charge in [0.2, 0.25) is 12.6 Å². The van der Waals surface area contributed by atoms with Crippen molar-refractivity contribution in [3.05, 3.63) is 64.0 Å². The van der Waals surface area contributed by atoms with E-state index in [9.17, 15) is 22.8 Å². The molecule has 0 unspecified atom stereocenters. The van der Waals surface area contributed by atoms with E-state index < -0.39 is 23.3 Å². The lowest BCUT2D eigenvalue weighted by atomic mass is 10.1. The number of halogens is 3. The van der Waals surface area contributed by atoms with Crippen molar-refractivity contribution in [2.75, 3.05) is 12.1 Å². The van der Waals surface area contributed by atoms with Gasteiger partial charge in [0.1, 0.15) is 5.58 Å². The minimum absolute atomic E-state index is 0.0702. The van der Waals surface area contributed by atoms with Gasteiger partial charge in [-0.1, -0.05) is 0 Å². The lowest BCUT2D eigenvalue weighted by Gasteiger charge is -2.09. The van der Waals surface area contributed by atoms with Crippen LogP contribution in [0.4, 0.5) is 18.9 Å². The van der Waals surface area contributed by atoms with Crippen molar-refractivity contribution in [3.8, 4) is 11.5 Å². The van der Waals surface area contributed by atoms with Crippen LogP contribution in [0.3, 0.4) is 0 Å². The molecule has 0 aliphatic carbocycles. The molecule has 27 heavy (non-hydrogen) atoms. The van der Waals surface area contributed by atoms with E-state index in [0.717, 1.165) is 0 Å². The van der Waals surface area contributed by atoms with E-state index in [-0.39, 0.29) is 23.4 Å². The van der Waals surface area contributed by atoms with Gasteiger partial charge in [0.25, 0.3) is 5.91 Å². The van der Waals surface area contributed by atoms with Crippen molar-refractivity contribution in [2.45, 2.75) is 6.18 Å². The predicted molar refractivity (Wildman–Crippen MR) is 88.0 cm³/mol. The third kappa shape index (κ3) is 3.19. The highest BCUT2D eigenvalue weighted by molar-refractivity contribution is 6.05. The molecule has 0 spiro atoms. The second kappa shape index (κ2) is 6.04. The maximum atomic E-state index is 12.7. The van der Waals surface area contributed by atoms with Crippen LogP contribution in [0.5, 0.6) is 11.5 Å². The third-order valence-electron chi connectivity index (χ3n) is 3.90.